The predicted octanol–water partition coefficient (Wildman–Crippen LogP) is 3.46. The van der Waals surface area contributed by atoms with Crippen LogP contribution in [0.3, 0.4) is 0 Å². The molecule has 0 bridgehead atoms. The first-order chi connectivity index (χ1) is 12.7. The first-order valence-electron chi connectivity index (χ1n) is 8.59. The molecule has 0 N–H and O–H groups in total. The van der Waals surface area contributed by atoms with Crippen molar-refractivity contribution in [2.24, 2.45) is 10.2 Å². The van der Waals surface area contributed by atoms with E-state index in [9.17, 15) is 0 Å². The Morgan fingerprint density at radius 3 is 1.42 bits per heavy atom. The van der Waals surface area contributed by atoms with Gasteiger partial charge in [0.1, 0.15) is 26.4 Å². The summed E-state index contributed by atoms with van der Waals surface area (Å²) in [6.07, 6.45) is 0. The second-order valence-electron chi connectivity index (χ2n) is 6.09. The molecular weight excluding hydrogens is 332 g/mol. The molecule has 6 heteroatoms. The standard InChI is InChI=1S/C20H20N2O4/c1-13(15-3-5-17-19(11-15)25-9-7-23-17)21-22-14(2)16-4-6-18-20(12-16)26-10-8-24-18/h3-6,11-12H,7-10H2,1-2H3/b21-13-,22-14-. The van der Waals surface area contributed by atoms with E-state index in [-0.39, 0.29) is 0 Å². The minimum Gasteiger partial charge on any atom is -0.486 e. The first kappa shape index (κ1) is 16.4. The van der Waals surface area contributed by atoms with Crippen molar-refractivity contribution >= 4 is 11.4 Å². The Kier molecular flexibility index (Phi) is 4.48. The van der Waals surface area contributed by atoms with Crippen LogP contribution in [-0.4, -0.2) is 37.9 Å². The Bertz CT molecular complexity index is 816. The third-order valence-electron chi connectivity index (χ3n) is 4.27. The van der Waals surface area contributed by atoms with E-state index in [0.717, 1.165) is 45.5 Å². The Morgan fingerprint density at radius 1 is 0.615 bits per heavy atom. The summed E-state index contributed by atoms with van der Waals surface area (Å²) in [5.74, 6) is 3.03. The van der Waals surface area contributed by atoms with Crippen molar-refractivity contribution in [2.45, 2.75) is 13.8 Å². The van der Waals surface area contributed by atoms with E-state index in [1.807, 2.05) is 50.2 Å². The van der Waals surface area contributed by atoms with Gasteiger partial charge in [-0.05, 0) is 50.2 Å². The predicted molar refractivity (Wildman–Crippen MR) is 99.3 cm³/mol. The van der Waals surface area contributed by atoms with E-state index < -0.39 is 0 Å². The minimum absolute atomic E-state index is 0.564. The number of hydrogen-bond acceptors (Lipinski definition) is 6. The lowest BCUT2D eigenvalue weighted by Crippen LogP contribution is -2.15. The summed E-state index contributed by atoms with van der Waals surface area (Å²) in [6.45, 7) is 6.14. The minimum atomic E-state index is 0.564. The zero-order valence-corrected chi connectivity index (χ0v) is 14.8. The lowest BCUT2D eigenvalue weighted by Gasteiger charge is -2.19. The molecule has 0 saturated heterocycles. The molecule has 4 rings (SSSR count). The molecule has 2 heterocycles. The lowest BCUT2D eigenvalue weighted by molar-refractivity contribution is 0.171. The van der Waals surface area contributed by atoms with Crippen molar-refractivity contribution in [3.05, 3.63) is 47.5 Å². The third-order valence-corrected chi connectivity index (χ3v) is 4.27. The summed E-state index contributed by atoms with van der Waals surface area (Å²) in [6, 6.07) is 11.6. The molecule has 2 aromatic carbocycles. The zero-order valence-electron chi connectivity index (χ0n) is 14.8. The normalized spacial score (nSPS) is 16.4. The smallest absolute Gasteiger partial charge is 0.162 e. The van der Waals surface area contributed by atoms with Crippen LogP contribution in [0, 0.1) is 0 Å². The van der Waals surface area contributed by atoms with Crippen molar-refractivity contribution < 1.29 is 18.9 Å². The second-order valence-corrected chi connectivity index (χ2v) is 6.09. The van der Waals surface area contributed by atoms with Gasteiger partial charge in [0.2, 0.25) is 0 Å². The molecule has 0 aromatic heterocycles. The van der Waals surface area contributed by atoms with Gasteiger partial charge in [-0.2, -0.15) is 10.2 Å². The van der Waals surface area contributed by atoms with Crippen LogP contribution in [0.2, 0.25) is 0 Å². The molecule has 0 radical (unpaired) electrons. The van der Waals surface area contributed by atoms with Crippen LogP contribution in [0.15, 0.2) is 46.6 Å². The van der Waals surface area contributed by atoms with Gasteiger partial charge in [0, 0.05) is 11.1 Å². The van der Waals surface area contributed by atoms with E-state index in [1.165, 1.54) is 0 Å². The van der Waals surface area contributed by atoms with E-state index in [4.69, 9.17) is 18.9 Å². The van der Waals surface area contributed by atoms with Crippen molar-refractivity contribution in [1.82, 2.24) is 0 Å². The molecule has 2 aliphatic rings. The van der Waals surface area contributed by atoms with E-state index in [0.29, 0.717) is 26.4 Å². The van der Waals surface area contributed by atoms with Gasteiger partial charge < -0.3 is 18.9 Å². The quantitative estimate of drug-likeness (QED) is 0.627. The van der Waals surface area contributed by atoms with Gasteiger partial charge in [-0.25, -0.2) is 0 Å². The highest BCUT2D eigenvalue weighted by Gasteiger charge is 2.14. The largest absolute Gasteiger partial charge is 0.486 e. The summed E-state index contributed by atoms with van der Waals surface area (Å²) in [4.78, 5) is 0. The van der Waals surface area contributed by atoms with Crippen molar-refractivity contribution in [1.29, 1.82) is 0 Å². The molecule has 0 aliphatic carbocycles. The summed E-state index contributed by atoms with van der Waals surface area (Å²) >= 11 is 0. The number of rotatable bonds is 3. The maximum atomic E-state index is 5.62. The molecule has 134 valence electrons. The zero-order chi connectivity index (χ0) is 17.9. The highest BCUT2D eigenvalue weighted by atomic mass is 16.6. The fraction of sp³-hybridized carbons (Fsp3) is 0.300. The second kappa shape index (κ2) is 7.07. The van der Waals surface area contributed by atoms with E-state index >= 15 is 0 Å². The van der Waals surface area contributed by atoms with Gasteiger partial charge in [0.15, 0.2) is 23.0 Å². The number of nitrogens with zero attached hydrogens (tertiary/aromatic N) is 2. The van der Waals surface area contributed by atoms with Crippen LogP contribution in [-0.2, 0) is 0 Å². The maximum absolute atomic E-state index is 5.62. The number of hydrogen-bond donors (Lipinski definition) is 0. The average Bonchev–Trinajstić information content (AvgIpc) is 2.71. The topological polar surface area (TPSA) is 61.6 Å². The van der Waals surface area contributed by atoms with Crippen LogP contribution in [0.4, 0.5) is 0 Å². The molecule has 2 aliphatic heterocycles. The average molecular weight is 352 g/mol. The molecule has 0 saturated carbocycles. The summed E-state index contributed by atoms with van der Waals surface area (Å²) in [7, 11) is 0. The molecule has 0 unspecified atom stereocenters. The van der Waals surface area contributed by atoms with Gasteiger partial charge >= 0.3 is 0 Å². The maximum Gasteiger partial charge on any atom is 0.162 e. The molecule has 0 fully saturated rings. The van der Waals surface area contributed by atoms with E-state index in [1.54, 1.807) is 0 Å². The van der Waals surface area contributed by atoms with Gasteiger partial charge in [0.05, 0.1) is 11.4 Å². The fourth-order valence-corrected chi connectivity index (χ4v) is 2.80. The highest BCUT2D eigenvalue weighted by Crippen LogP contribution is 2.32. The number of fused-ring (bicyclic) bond motifs is 2. The summed E-state index contributed by atoms with van der Waals surface area (Å²) < 4.78 is 22.3. The van der Waals surface area contributed by atoms with Crippen molar-refractivity contribution in [3.63, 3.8) is 0 Å². The summed E-state index contributed by atoms with van der Waals surface area (Å²) in [5, 5.41) is 8.74. The number of benzene rings is 2. The Balaban J connectivity index is 1.55. The fourth-order valence-electron chi connectivity index (χ4n) is 2.80. The molecule has 0 atom stereocenters. The summed E-state index contributed by atoms with van der Waals surface area (Å²) in [5.41, 5.74) is 3.51. The van der Waals surface area contributed by atoms with Gasteiger partial charge in [-0.15, -0.1) is 0 Å². The third kappa shape index (κ3) is 3.35. The molecule has 0 spiro atoms. The highest BCUT2D eigenvalue weighted by molar-refractivity contribution is 6.02. The monoisotopic (exact) mass is 352 g/mol. The molecule has 6 nitrogen and oxygen atoms in total. The first-order valence-corrected chi connectivity index (χ1v) is 8.59. The van der Waals surface area contributed by atoms with Crippen molar-refractivity contribution in [2.75, 3.05) is 26.4 Å². The SMILES string of the molecule is C/C(=N/N=C(/C)c1ccc2c(c1)OCCO2)c1ccc2c(c1)OCCO2. The van der Waals surface area contributed by atoms with Gasteiger partial charge in [0.25, 0.3) is 0 Å². The van der Waals surface area contributed by atoms with Crippen LogP contribution in [0.25, 0.3) is 0 Å². The Morgan fingerprint density at radius 2 is 1.00 bits per heavy atom. The molecule has 26 heavy (non-hydrogen) atoms. The molecular formula is C20H20N2O4. The van der Waals surface area contributed by atoms with Crippen LogP contribution in [0.1, 0.15) is 25.0 Å². The Labute approximate surface area is 152 Å². The lowest BCUT2D eigenvalue weighted by atomic mass is 10.1. The number of ether oxygens (including phenoxy) is 4. The van der Waals surface area contributed by atoms with Gasteiger partial charge in [-0.1, -0.05) is 0 Å². The Hall–Kier alpha value is -3.02. The van der Waals surface area contributed by atoms with Crippen molar-refractivity contribution in [3.8, 4) is 23.0 Å². The van der Waals surface area contributed by atoms with Crippen LogP contribution >= 0.6 is 0 Å². The van der Waals surface area contributed by atoms with Gasteiger partial charge in [-0.3, -0.25) is 0 Å². The van der Waals surface area contributed by atoms with Crippen LogP contribution in [0.5, 0.6) is 23.0 Å². The van der Waals surface area contributed by atoms with Crippen LogP contribution < -0.4 is 18.9 Å². The van der Waals surface area contributed by atoms with E-state index in [2.05, 4.69) is 10.2 Å². The molecule has 2 aromatic rings. The molecule has 0 amide bonds.